The van der Waals surface area contributed by atoms with Gasteiger partial charge in [0.2, 0.25) is 16.5 Å². The van der Waals surface area contributed by atoms with Crippen LogP contribution in [0.4, 0.5) is 5.95 Å². The van der Waals surface area contributed by atoms with Crippen LogP contribution in [0, 0.1) is 0 Å². The van der Waals surface area contributed by atoms with E-state index in [4.69, 9.17) is 39.5 Å². The number of H-pyrrole nitrogens is 1. The molecule has 2 aromatic carbocycles. The van der Waals surface area contributed by atoms with Gasteiger partial charge in [-0.2, -0.15) is 15.0 Å². The highest BCUT2D eigenvalue weighted by molar-refractivity contribution is 6.31. The molecule has 1 aliphatic rings. The number of anilines is 1. The molecule has 1 N–H and O–H groups in total. The minimum absolute atomic E-state index is 0.0686. The highest BCUT2D eigenvalue weighted by Gasteiger charge is 2.43. The normalized spacial score (nSPS) is 17.9. The van der Waals surface area contributed by atoms with E-state index in [9.17, 15) is 4.79 Å². The third-order valence-electron chi connectivity index (χ3n) is 5.59. The Labute approximate surface area is 198 Å². The Morgan fingerprint density at radius 1 is 1.03 bits per heavy atom. The average molecular weight is 489 g/mol. The van der Waals surface area contributed by atoms with Crippen LogP contribution >= 0.6 is 34.8 Å². The van der Waals surface area contributed by atoms with E-state index < -0.39 is 18.1 Å². The standard InChI is InChI=1S/C22H16Cl3N5O2/c1-32-19(31)16-10-14-13-4-2-3-5-15(13)26-17(14)18(11-6-8-12(23)9-7-11)30(16)22-28-20(24)27-21(25)29-22/h2-9,16,18,26H,10H2,1H3/t16-,18+/m0/s1. The number of hydrogen-bond acceptors (Lipinski definition) is 6. The second-order valence-corrected chi connectivity index (χ2v) is 8.45. The number of ether oxygens (including phenoxy) is 1. The number of nitrogens with zero attached hydrogens (tertiary/aromatic N) is 4. The van der Waals surface area contributed by atoms with E-state index in [1.165, 1.54) is 7.11 Å². The lowest BCUT2D eigenvalue weighted by molar-refractivity contribution is -0.142. The highest BCUT2D eigenvalue weighted by atomic mass is 35.5. The van der Waals surface area contributed by atoms with Crippen LogP contribution in [0.25, 0.3) is 10.9 Å². The first-order valence-electron chi connectivity index (χ1n) is 9.74. The van der Waals surface area contributed by atoms with Crippen molar-refractivity contribution in [3.63, 3.8) is 0 Å². The van der Waals surface area contributed by atoms with Gasteiger partial charge < -0.3 is 14.6 Å². The van der Waals surface area contributed by atoms with E-state index in [0.717, 1.165) is 27.7 Å². The molecule has 0 spiro atoms. The SMILES string of the molecule is COC(=O)[C@@H]1Cc2c([nH]c3ccccc23)[C@@H](c2ccc(Cl)cc2)N1c1nc(Cl)nc(Cl)n1. The molecule has 4 aromatic rings. The lowest BCUT2D eigenvalue weighted by Gasteiger charge is -2.40. The quantitative estimate of drug-likeness (QED) is 0.408. The summed E-state index contributed by atoms with van der Waals surface area (Å²) in [5.41, 5.74) is 3.79. The maximum Gasteiger partial charge on any atom is 0.328 e. The van der Waals surface area contributed by atoms with Gasteiger partial charge in [0.1, 0.15) is 6.04 Å². The van der Waals surface area contributed by atoms with Gasteiger partial charge in [-0.25, -0.2) is 4.79 Å². The summed E-state index contributed by atoms with van der Waals surface area (Å²) in [5.74, 6) is -0.248. The number of para-hydroxylation sites is 1. The second-order valence-electron chi connectivity index (χ2n) is 7.34. The summed E-state index contributed by atoms with van der Waals surface area (Å²) in [5, 5.41) is 1.51. The number of fused-ring (bicyclic) bond motifs is 3. The zero-order valence-corrected chi connectivity index (χ0v) is 19.0. The Hall–Kier alpha value is -2.87. The Morgan fingerprint density at radius 2 is 1.72 bits per heavy atom. The Balaban J connectivity index is 1.80. The molecule has 2 aromatic heterocycles. The van der Waals surface area contributed by atoms with Crippen molar-refractivity contribution in [2.45, 2.75) is 18.5 Å². The molecule has 0 saturated heterocycles. The number of aromatic nitrogens is 4. The van der Waals surface area contributed by atoms with Gasteiger partial charge in [-0.05, 0) is 52.5 Å². The average Bonchev–Trinajstić information content (AvgIpc) is 3.15. The molecule has 5 rings (SSSR count). The molecular formula is C22H16Cl3N5O2. The first kappa shape index (κ1) is 21.0. The summed E-state index contributed by atoms with van der Waals surface area (Å²) < 4.78 is 5.16. The number of methoxy groups -OCH3 is 1. The van der Waals surface area contributed by atoms with E-state index >= 15 is 0 Å². The Bertz CT molecular complexity index is 1300. The molecule has 0 amide bonds. The van der Waals surface area contributed by atoms with Crippen LogP contribution in [0.2, 0.25) is 15.6 Å². The smallest absolute Gasteiger partial charge is 0.328 e. The lowest BCUT2D eigenvalue weighted by Crippen LogP contribution is -2.50. The maximum atomic E-state index is 13.0. The molecular weight excluding hydrogens is 473 g/mol. The monoisotopic (exact) mass is 487 g/mol. The molecule has 162 valence electrons. The molecule has 0 aliphatic carbocycles. The van der Waals surface area contributed by atoms with Crippen molar-refractivity contribution in [1.29, 1.82) is 0 Å². The number of esters is 1. The summed E-state index contributed by atoms with van der Waals surface area (Å²) >= 11 is 18.3. The Morgan fingerprint density at radius 3 is 2.41 bits per heavy atom. The predicted octanol–water partition coefficient (Wildman–Crippen LogP) is 5.01. The fourth-order valence-electron chi connectivity index (χ4n) is 4.28. The molecule has 0 radical (unpaired) electrons. The van der Waals surface area contributed by atoms with Gasteiger partial charge in [-0.3, -0.25) is 0 Å². The van der Waals surface area contributed by atoms with Crippen LogP contribution in [-0.2, 0) is 16.0 Å². The molecule has 0 fully saturated rings. The molecule has 2 atom stereocenters. The van der Waals surface area contributed by atoms with Gasteiger partial charge in [0, 0.05) is 28.0 Å². The van der Waals surface area contributed by atoms with Crippen LogP contribution in [0.1, 0.15) is 22.9 Å². The van der Waals surface area contributed by atoms with Crippen LogP contribution in [-0.4, -0.2) is 39.1 Å². The zero-order chi connectivity index (χ0) is 22.4. The highest BCUT2D eigenvalue weighted by Crippen LogP contribution is 2.43. The molecule has 1 aliphatic heterocycles. The molecule has 10 heteroatoms. The maximum absolute atomic E-state index is 13.0. The topological polar surface area (TPSA) is 84.0 Å². The molecule has 0 unspecified atom stereocenters. The summed E-state index contributed by atoms with van der Waals surface area (Å²) in [6, 6.07) is 14.2. The van der Waals surface area contributed by atoms with Crippen LogP contribution in [0.3, 0.4) is 0 Å². The third-order valence-corrected chi connectivity index (χ3v) is 6.18. The van der Waals surface area contributed by atoms with Crippen molar-refractivity contribution in [3.8, 4) is 0 Å². The first-order valence-corrected chi connectivity index (χ1v) is 10.9. The van der Waals surface area contributed by atoms with E-state index in [1.54, 1.807) is 17.0 Å². The summed E-state index contributed by atoms with van der Waals surface area (Å²) in [4.78, 5) is 30.7. The number of hydrogen-bond donors (Lipinski definition) is 1. The number of rotatable bonds is 3. The van der Waals surface area contributed by atoms with Gasteiger partial charge in [-0.1, -0.05) is 41.9 Å². The third kappa shape index (κ3) is 3.56. The van der Waals surface area contributed by atoms with E-state index in [2.05, 4.69) is 19.9 Å². The minimum atomic E-state index is -0.720. The van der Waals surface area contributed by atoms with Crippen molar-refractivity contribution in [3.05, 3.63) is 80.9 Å². The number of carbonyl (C=O) groups is 1. The number of aromatic amines is 1. The van der Waals surface area contributed by atoms with Crippen LogP contribution in [0.15, 0.2) is 48.5 Å². The predicted molar refractivity (Wildman–Crippen MR) is 123 cm³/mol. The number of halogens is 3. The van der Waals surface area contributed by atoms with E-state index in [0.29, 0.717) is 11.4 Å². The summed E-state index contributed by atoms with van der Waals surface area (Å²) in [6.07, 6.45) is 0.386. The summed E-state index contributed by atoms with van der Waals surface area (Å²) in [6.45, 7) is 0. The first-order chi connectivity index (χ1) is 15.5. The van der Waals surface area contributed by atoms with Gasteiger partial charge in [-0.15, -0.1) is 0 Å². The zero-order valence-electron chi connectivity index (χ0n) is 16.7. The Kier molecular flexibility index (Phi) is 5.41. The fourth-order valence-corrected chi connectivity index (χ4v) is 4.76. The van der Waals surface area contributed by atoms with Crippen LogP contribution in [0.5, 0.6) is 0 Å². The van der Waals surface area contributed by atoms with Gasteiger partial charge in [0.05, 0.1) is 13.2 Å². The van der Waals surface area contributed by atoms with Crippen molar-refractivity contribution in [2.75, 3.05) is 12.0 Å². The van der Waals surface area contributed by atoms with Gasteiger partial charge >= 0.3 is 5.97 Å². The van der Waals surface area contributed by atoms with Gasteiger partial charge in [0.15, 0.2) is 0 Å². The molecule has 7 nitrogen and oxygen atoms in total. The van der Waals surface area contributed by atoms with E-state index in [-0.39, 0.29) is 16.5 Å². The number of nitrogens with one attached hydrogen (secondary N) is 1. The van der Waals surface area contributed by atoms with Crippen molar-refractivity contribution < 1.29 is 9.53 Å². The number of carbonyl (C=O) groups excluding carboxylic acids is 1. The molecule has 3 heterocycles. The van der Waals surface area contributed by atoms with Crippen molar-refractivity contribution in [2.24, 2.45) is 0 Å². The summed E-state index contributed by atoms with van der Waals surface area (Å²) in [7, 11) is 1.36. The fraction of sp³-hybridized carbons (Fsp3) is 0.182. The molecule has 0 bridgehead atoms. The van der Waals surface area contributed by atoms with Crippen molar-refractivity contribution >= 4 is 57.6 Å². The van der Waals surface area contributed by atoms with Crippen LogP contribution < -0.4 is 4.90 Å². The van der Waals surface area contributed by atoms with Gasteiger partial charge in [0.25, 0.3) is 0 Å². The minimum Gasteiger partial charge on any atom is -0.467 e. The molecule has 0 saturated carbocycles. The van der Waals surface area contributed by atoms with Crippen molar-refractivity contribution in [1.82, 2.24) is 19.9 Å². The number of benzene rings is 2. The van der Waals surface area contributed by atoms with E-state index in [1.807, 2.05) is 36.4 Å². The largest absolute Gasteiger partial charge is 0.467 e. The molecule has 32 heavy (non-hydrogen) atoms. The second kappa shape index (κ2) is 8.24. The lowest BCUT2D eigenvalue weighted by atomic mass is 9.88.